The molecule has 3 aliphatic heterocycles. The molecule has 0 spiro atoms. The van der Waals surface area contributed by atoms with Crippen molar-refractivity contribution >= 4 is 17.4 Å². The average molecular weight is 481 g/mol. The molecule has 3 heterocycles. The van der Waals surface area contributed by atoms with E-state index in [4.69, 9.17) is 18.9 Å². The molecule has 2 saturated heterocycles. The first-order chi connectivity index (χ1) is 17.1. The highest BCUT2D eigenvalue weighted by molar-refractivity contribution is 6.46. The van der Waals surface area contributed by atoms with Crippen LogP contribution >= 0.6 is 0 Å². The van der Waals surface area contributed by atoms with E-state index in [2.05, 4.69) is 4.90 Å². The number of ketones is 1. The Balaban J connectivity index is 1.54. The minimum atomic E-state index is -0.748. The first-order valence-corrected chi connectivity index (χ1v) is 11.8. The summed E-state index contributed by atoms with van der Waals surface area (Å²) in [6.45, 7) is 6.23. The van der Waals surface area contributed by atoms with Crippen LogP contribution in [0.1, 0.15) is 24.1 Å². The van der Waals surface area contributed by atoms with E-state index in [9.17, 15) is 14.7 Å². The van der Waals surface area contributed by atoms with Crippen LogP contribution in [0.4, 0.5) is 0 Å². The Kier molecular flexibility index (Phi) is 6.61. The maximum absolute atomic E-state index is 13.3. The topological polar surface area (TPSA) is 97.8 Å². The van der Waals surface area contributed by atoms with Crippen molar-refractivity contribution in [2.75, 3.05) is 52.8 Å². The van der Waals surface area contributed by atoms with Crippen molar-refractivity contribution in [2.45, 2.75) is 13.0 Å². The van der Waals surface area contributed by atoms with E-state index in [1.807, 2.05) is 31.2 Å². The molecule has 1 atom stereocenters. The molecule has 1 N–H and O–H groups in total. The standard InChI is InChI=1S/C26H28N2O7/c1-2-33-19-5-3-4-17(14-19)23-22(24(29)18-6-7-20-21(15-18)35-16-34-20)25(30)26(31)28(23)9-8-27-10-12-32-13-11-27/h3-7,14-15,23,29H,2,8-13,16H2,1H3. The number of aliphatic hydroxyl groups is 1. The summed E-state index contributed by atoms with van der Waals surface area (Å²) in [4.78, 5) is 30.2. The van der Waals surface area contributed by atoms with E-state index >= 15 is 0 Å². The van der Waals surface area contributed by atoms with Gasteiger partial charge in [0.1, 0.15) is 11.5 Å². The fourth-order valence-corrected chi connectivity index (χ4v) is 4.67. The number of aliphatic hydroxyl groups excluding tert-OH is 1. The number of carbonyl (C=O) groups excluding carboxylic acids is 2. The predicted molar refractivity (Wildman–Crippen MR) is 126 cm³/mol. The van der Waals surface area contributed by atoms with Crippen LogP contribution in [-0.4, -0.2) is 79.4 Å². The Morgan fingerprint density at radius 2 is 1.86 bits per heavy atom. The first-order valence-electron chi connectivity index (χ1n) is 11.8. The Morgan fingerprint density at radius 3 is 2.66 bits per heavy atom. The van der Waals surface area contributed by atoms with Gasteiger partial charge in [0.05, 0.1) is 31.4 Å². The van der Waals surface area contributed by atoms with Crippen molar-refractivity contribution in [1.82, 2.24) is 9.80 Å². The summed E-state index contributed by atoms with van der Waals surface area (Å²) in [7, 11) is 0. The van der Waals surface area contributed by atoms with Crippen molar-refractivity contribution in [3.63, 3.8) is 0 Å². The summed E-state index contributed by atoms with van der Waals surface area (Å²) in [5.74, 6) is 0.0782. The molecule has 2 aromatic rings. The quantitative estimate of drug-likeness (QED) is 0.367. The van der Waals surface area contributed by atoms with E-state index in [0.29, 0.717) is 61.3 Å². The Hall–Kier alpha value is -3.56. The number of hydrogen-bond donors (Lipinski definition) is 1. The molecule has 2 fully saturated rings. The molecule has 0 aromatic heterocycles. The van der Waals surface area contributed by atoms with E-state index < -0.39 is 17.7 Å². The summed E-state index contributed by atoms with van der Waals surface area (Å²) in [5.41, 5.74) is 1.12. The molecule has 5 rings (SSSR count). The van der Waals surface area contributed by atoms with Crippen LogP contribution < -0.4 is 14.2 Å². The van der Waals surface area contributed by atoms with Gasteiger partial charge < -0.3 is 29.0 Å². The molecule has 9 heteroatoms. The van der Waals surface area contributed by atoms with Gasteiger partial charge in [-0.15, -0.1) is 0 Å². The molecule has 2 aromatic carbocycles. The fraction of sp³-hybridized carbons (Fsp3) is 0.385. The van der Waals surface area contributed by atoms with Crippen LogP contribution in [0.2, 0.25) is 0 Å². The first kappa shape index (κ1) is 23.2. The van der Waals surface area contributed by atoms with Crippen LogP contribution in [0.25, 0.3) is 5.76 Å². The highest BCUT2D eigenvalue weighted by Crippen LogP contribution is 2.42. The van der Waals surface area contributed by atoms with Crippen LogP contribution in [0.5, 0.6) is 17.2 Å². The molecule has 9 nitrogen and oxygen atoms in total. The number of nitrogens with zero attached hydrogens (tertiary/aromatic N) is 2. The molecule has 0 bridgehead atoms. The molecule has 184 valence electrons. The number of carbonyl (C=O) groups is 2. The van der Waals surface area contributed by atoms with Crippen molar-refractivity contribution in [3.05, 3.63) is 59.2 Å². The van der Waals surface area contributed by atoms with E-state index in [-0.39, 0.29) is 18.1 Å². The van der Waals surface area contributed by atoms with Crippen LogP contribution in [0.15, 0.2) is 48.0 Å². The second-order valence-corrected chi connectivity index (χ2v) is 8.52. The van der Waals surface area contributed by atoms with Gasteiger partial charge in [-0.25, -0.2) is 0 Å². The summed E-state index contributed by atoms with van der Waals surface area (Å²) < 4.78 is 21.9. The zero-order chi connectivity index (χ0) is 24.4. The molecule has 1 unspecified atom stereocenters. The number of benzene rings is 2. The van der Waals surface area contributed by atoms with Gasteiger partial charge in [0.2, 0.25) is 6.79 Å². The number of ether oxygens (including phenoxy) is 4. The third-order valence-electron chi connectivity index (χ3n) is 6.43. The normalized spacial score (nSPS) is 21.5. The number of amides is 1. The summed E-state index contributed by atoms with van der Waals surface area (Å²) in [6.07, 6.45) is 0. The van der Waals surface area contributed by atoms with Gasteiger partial charge in [0.15, 0.2) is 11.5 Å². The van der Waals surface area contributed by atoms with Crippen molar-refractivity contribution < 1.29 is 33.6 Å². The summed E-state index contributed by atoms with van der Waals surface area (Å²) >= 11 is 0. The van der Waals surface area contributed by atoms with Gasteiger partial charge in [-0.05, 0) is 42.8 Å². The maximum atomic E-state index is 13.3. The Labute approximate surface area is 203 Å². The Morgan fingerprint density at radius 1 is 1.06 bits per heavy atom. The minimum Gasteiger partial charge on any atom is -0.507 e. The molecule has 3 aliphatic rings. The van der Waals surface area contributed by atoms with Crippen LogP contribution in [0.3, 0.4) is 0 Å². The fourth-order valence-electron chi connectivity index (χ4n) is 4.67. The van der Waals surface area contributed by atoms with Gasteiger partial charge in [-0.1, -0.05) is 12.1 Å². The predicted octanol–water partition coefficient (Wildman–Crippen LogP) is 2.57. The molecule has 1 amide bonds. The highest BCUT2D eigenvalue weighted by Gasteiger charge is 2.46. The molecular weight excluding hydrogens is 452 g/mol. The Bertz CT molecular complexity index is 1160. The van der Waals surface area contributed by atoms with E-state index in [0.717, 1.165) is 13.1 Å². The molecule has 0 radical (unpaired) electrons. The summed E-state index contributed by atoms with van der Waals surface area (Å²) in [6, 6.07) is 11.5. The lowest BCUT2D eigenvalue weighted by molar-refractivity contribution is -0.140. The third-order valence-corrected chi connectivity index (χ3v) is 6.43. The molecule has 35 heavy (non-hydrogen) atoms. The van der Waals surface area contributed by atoms with Crippen LogP contribution in [-0.2, 0) is 14.3 Å². The van der Waals surface area contributed by atoms with Crippen molar-refractivity contribution in [1.29, 1.82) is 0 Å². The zero-order valence-corrected chi connectivity index (χ0v) is 19.6. The molecule has 0 saturated carbocycles. The smallest absolute Gasteiger partial charge is 0.295 e. The average Bonchev–Trinajstić information content (AvgIpc) is 3.45. The number of likely N-dealkylation sites (tertiary alicyclic amines) is 1. The van der Waals surface area contributed by atoms with Gasteiger partial charge in [-0.2, -0.15) is 0 Å². The monoisotopic (exact) mass is 480 g/mol. The third kappa shape index (κ3) is 4.56. The second-order valence-electron chi connectivity index (χ2n) is 8.52. The van der Waals surface area contributed by atoms with Gasteiger partial charge in [-0.3, -0.25) is 14.5 Å². The number of morpholine rings is 1. The lowest BCUT2D eigenvalue weighted by Crippen LogP contribution is -2.42. The SMILES string of the molecule is CCOc1cccc(C2C(=C(O)c3ccc4c(c3)OCO4)C(=O)C(=O)N2CCN2CCOCC2)c1. The van der Waals surface area contributed by atoms with Gasteiger partial charge in [0.25, 0.3) is 11.7 Å². The highest BCUT2D eigenvalue weighted by atomic mass is 16.7. The van der Waals surface area contributed by atoms with Crippen LogP contribution in [0, 0.1) is 0 Å². The zero-order valence-electron chi connectivity index (χ0n) is 19.6. The number of rotatable bonds is 7. The lowest BCUT2D eigenvalue weighted by Gasteiger charge is -2.31. The second kappa shape index (κ2) is 9.97. The van der Waals surface area contributed by atoms with Crippen molar-refractivity contribution in [2.24, 2.45) is 0 Å². The molecule has 0 aliphatic carbocycles. The minimum absolute atomic E-state index is 0.0458. The maximum Gasteiger partial charge on any atom is 0.295 e. The van der Waals surface area contributed by atoms with Crippen molar-refractivity contribution in [3.8, 4) is 17.2 Å². The number of fused-ring (bicyclic) bond motifs is 1. The largest absolute Gasteiger partial charge is 0.507 e. The van der Waals surface area contributed by atoms with E-state index in [1.165, 1.54) is 0 Å². The number of Topliss-reactive ketones (excluding diaryl/α,β-unsaturated/α-hetero) is 1. The van der Waals surface area contributed by atoms with Gasteiger partial charge >= 0.3 is 0 Å². The summed E-state index contributed by atoms with van der Waals surface area (Å²) in [5, 5.41) is 11.3. The number of hydrogen-bond acceptors (Lipinski definition) is 8. The van der Waals surface area contributed by atoms with E-state index in [1.54, 1.807) is 23.1 Å². The van der Waals surface area contributed by atoms with Gasteiger partial charge in [0, 0.05) is 31.7 Å². The lowest BCUT2D eigenvalue weighted by atomic mass is 9.95. The molecular formula is C26H28N2O7.